The highest BCUT2D eigenvalue weighted by Gasteiger charge is 2.13. The van der Waals surface area contributed by atoms with Gasteiger partial charge in [-0.2, -0.15) is 0 Å². The van der Waals surface area contributed by atoms with E-state index in [9.17, 15) is 4.79 Å². The van der Waals surface area contributed by atoms with E-state index >= 15 is 0 Å². The molecule has 0 radical (unpaired) electrons. The molecule has 1 amide bonds. The van der Waals surface area contributed by atoms with E-state index in [4.69, 9.17) is 9.63 Å². The van der Waals surface area contributed by atoms with E-state index in [1.807, 2.05) is 6.92 Å². The summed E-state index contributed by atoms with van der Waals surface area (Å²) in [4.78, 5) is 11.9. The lowest BCUT2D eigenvalue weighted by Gasteiger charge is -2.06. The molecule has 0 spiro atoms. The summed E-state index contributed by atoms with van der Waals surface area (Å²) >= 11 is 0. The van der Waals surface area contributed by atoms with E-state index in [0.29, 0.717) is 11.4 Å². The van der Waals surface area contributed by atoms with Crippen molar-refractivity contribution in [2.45, 2.75) is 26.9 Å². The minimum Gasteiger partial charge on any atom is -0.392 e. The molecular weight excluding hydrogens is 244 g/mol. The first kappa shape index (κ1) is 13.3. The van der Waals surface area contributed by atoms with Gasteiger partial charge in [0.05, 0.1) is 18.7 Å². The number of amides is 1. The number of aromatic nitrogens is 1. The zero-order chi connectivity index (χ0) is 13.8. The second-order valence-corrected chi connectivity index (χ2v) is 4.39. The molecule has 0 unspecified atom stereocenters. The first-order valence-electron chi connectivity index (χ1n) is 6.01. The first-order chi connectivity index (χ1) is 9.10. The van der Waals surface area contributed by atoms with E-state index < -0.39 is 0 Å². The normalized spacial score (nSPS) is 10.5. The van der Waals surface area contributed by atoms with Crippen molar-refractivity contribution < 1.29 is 14.4 Å². The summed E-state index contributed by atoms with van der Waals surface area (Å²) in [5, 5.41) is 15.6. The summed E-state index contributed by atoms with van der Waals surface area (Å²) in [6, 6.07) is 7.11. The molecule has 1 aromatic carbocycles. The lowest BCUT2D eigenvalue weighted by atomic mass is 10.1. The smallest absolute Gasteiger partial charge is 0.228 e. The molecule has 1 heterocycles. The average molecular weight is 260 g/mol. The molecule has 19 heavy (non-hydrogen) atoms. The number of nitrogens with zero attached hydrogens (tertiary/aromatic N) is 1. The van der Waals surface area contributed by atoms with Gasteiger partial charge in [0.15, 0.2) is 0 Å². The maximum absolute atomic E-state index is 11.9. The molecule has 100 valence electrons. The topological polar surface area (TPSA) is 75.4 Å². The number of hydrogen-bond acceptors (Lipinski definition) is 4. The fraction of sp³-hybridized carbons (Fsp3) is 0.286. The largest absolute Gasteiger partial charge is 0.392 e. The van der Waals surface area contributed by atoms with Gasteiger partial charge >= 0.3 is 0 Å². The number of nitrogens with one attached hydrogen (secondary N) is 1. The first-order valence-corrected chi connectivity index (χ1v) is 6.01. The molecule has 1 aromatic heterocycles. The number of benzene rings is 1. The zero-order valence-electron chi connectivity index (χ0n) is 10.9. The Morgan fingerprint density at radius 1 is 1.42 bits per heavy atom. The molecule has 2 rings (SSSR count). The Balaban J connectivity index is 2.05. The Hall–Kier alpha value is -2.14. The summed E-state index contributed by atoms with van der Waals surface area (Å²) in [7, 11) is 0. The van der Waals surface area contributed by atoms with Gasteiger partial charge in [0.25, 0.3) is 0 Å². The van der Waals surface area contributed by atoms with Gasteiger partial charge in [-0.15, -0.1) is 0 Å². The third kappa shape index (κ3) is 3.20. The highest BCUT2D eigenvalue weighted by molar-refractivity contribution is 5.92. The molecule has 0 saturated carbocycles. The van der Waals surface area contributed by atoms with Crippen LogP contribution in [0.2, 0.25) is 0 Å². The highest BCUT2D eigenvalue weighted by Crippen LogP contribution is 2.15. The van der Waals surface area contributed by atoms with E-state index in [1.54, 1.807) is 31.2 Å². The number of carbonyl (C=O) groups excluding carboxylic acids is 1. The van der Waals surface area contributed by atoms with Crippen LogP contribution in [-0.4, -0.2) is 16.2 Å². The molecule has 0 aliphatic heterocycles. The number of aliphatic hydroxyl groups is 1. The van der Waals surface area contributed by atoms with Crippen LogP contribution in [0, 0.1) is 13.8 Å². The number of aryl methyl sites for hydroxylation is 2. The second kappa shape index (κ2) is 5.67. The van der Waals surface area contributed by atoms with Gasteiger partial charge in [-0.25, -0.2) is 0 Å². The summed E-state index contributed by atoms with van der Waals surface area (Å²) in [5.74, 6) is 0.529. The van der Waals surface area contributed by atoms with Crippen LogP contribution in [0.25, 0.3) is 0 Å². The predicted molar refractivity (Wildman–Crippen MR) is 70.7 cm³/mol. The number of aliphatic hydroxyl groups excluding tert-OH is 1. The molecule has 0 aliphatic carbocycles. The third-order valence-electron chi connectivity index (χ3n) is 2.91. The third-order valence-corrected chi connectivity index (χ3v) is 2.91. The molecule has 5 heteroatoms. The maximum Gasteiger partial charge on any atom is 0.228 e. The van der Waals surface area contributed by atoms with Gasteiger partial charge in [-0.1, -0.05) is 17.3 Å². The SMILES string of the molecule is Cc1noc(C)c1CC(=O)Nc1cccc(CO)c1. The minimum absolute atomic E-state index is 0.0480. The quantitative estimate of drug-likeness (QED) is 0.881. The van der Waals surface area contributed by atoms with Crippen molar-refractivity contribution in [2.24, 2.45) is 0 Å². The van der Waals surface area contributed by atoms with Crippen LogP contribution in [0.4, 0.5) is 5.69 Å². The van der Waals surface area contributed by atoms with Crippen LogP contribution in [0.5, 0.6) is 0 Å². The lowest BCUT2D eigenvalue weighted by Crippen LogP contribution is -2.15. The van der Waals surface area contributed by atoms with E-state index in [1.165, 1.54) is 0 Å². The fourth-order valence-electron chi connectivity index (χ4n) is 1.87. The van der Waals surface area contributed by atoms with E-state index in [0.717, 1.165) is 16.8 Å². The Kier molecular flexibility index (Phi) is 3.97. The average Bonchev–Trinajstić information content (AvgIpc) is 2.71. The summed E-state index contributed by atoms with van der Waals surface area (Å²) in [6.07, 6.45) is 0.227. The van der Waals surface area contributed by atoms with Gasteiger partial charge in [0.1, 0.15) is 5.76 Å². The number of hydrogen-bond donors (Lipinski definition) is 2. The number of anilines is 1. The molecule has 0 bridgehead atoms. The molecule has 0 atom stereocenters. The van der Waals surface area contributed by atoms with Crippen LogP contribution in [-0.2, 0) is 17.8 Å². The van der Waals surface area contributed by atoms with Gasteiger partial charge in [-0.05, 0) is 31.5 Å². The molecule has 0 fully saturated rings. The van der Waals surface area contributed by atoms with Gasteiger partial charge in [0, 0.05) is 11.3 Å². The molecular formula is C14H16N2O3. The van der Waals surface area contributed by atoms with Crippen molar-refractivity contribution in [3.63, 3.8) is 0 Å². The van der Waals surface area contributed by atoms with Crippen molar-refractivity contribution in [1.29, 1.82) is 0 Å². The molecule has 0 saturated heterocycles. The summed E-state index contributed by atoms with van der Waals surface area (Å²) < 4.78 is 5.02. The van der Waals surface area contributed by atoms with Crippen molar-refractivity contribution >= 4 is 11.6 Å². The number of rotatable bonds is 4. The van der Waals surface area contributed by atoms with Gasteiger partial charge < -0.3 is 14.9 Å². The predicted octanol–water partition coefficient (Wildman–Crippen LogP) is 1.96. The Bertz CT molecular complexity index is 571. The minimum atomic E-state index is -0.135. The zero-order valence-corrected chi connectivity index (χ0v) is 10.9. The fourth-order valence-corrected chi connectivity index (χ4v) is 1.87. The van der Waals surface area contributed by atoms with Crippen LogP contribution in [0.3, 0.4) is 0 Å². The highest BCUT2D eigenvalue weighted by atomic mass is 16.5. The van der Waals surface area contributed by atoms with E-state index in [2.05, 4.69) is 10.5 Å². The lowest BCUT2D eigenvalue weighted by molar-refractivity contribution is -0.115. The van der Waals surface area contributed by atoms with Crippen LogP contribution < -0.4 is 5.32 Å². The van der Waals surface area contributed by atoms with Crippen LogP contribution >= 0.6 is 0 Å². The van der Waals surface area contributed by atoms with Crippen molar-refractivity contribution in [3.8, 4) is 0 Å². The Morgan fingerprint density at radius 2 is 2.21 bits per heavy atom. The van der Waals surface area contributed by atoms with Crippen molar-refractivity contribution in [3.05, 3.63) is 46.8 Å². The Labute approximate surface area is 111 Å². The molecule has 2 N–H and O–H groups in total. The van der Waals surface area contributed by atoms with Crippen LogP contribution in [0.1, 0.15) is 22.6 Å². The monoisotopic (exact) mass is 260 g/mol. The summed E-state index contributed by atoms with van der Waals surface area (Å²) in [6.45, 7) is 3.55. The van der Waals surface area contributed by atoms with Crippen LogP contribution in [0.15, 0.2) is 28.8 Å². The standard InChI is InChI=1S/C14H16N2O3/c1-9-13(10(2)19-16-9)7-14(18)15-12-5-3-4-11(6-12)8-17/h3-6,17H,7-8H2,1-2H3,(H,15,18). The Morgan fingerprint density at radius 3 is 2.84 bits per heavy atom. The molecule has 0 aliphatic rings. The van der Waals surface area contributed by atoms with Crippen molar-refractivity contribution in [1.82, 2.24) is 5.16 Å². The number of carbonyl (C=O) groups is 1. The van der Waals surface area contributed by atoms with Crippen molar-refractivity contribution in [2.75, 3.05) is 5.32 Å². The van der Waals surface area contributed by atoms with Gasteiger partial charge in [-0.3, -0.25) is 4.79 Å². The molecule has 5 nitrogen and oxygen atoms in total. The molecule has 2 aromatic rings. The second-order valence-electron chi connectivity index (χ2n) is 4.39. The van der Waals surface area contributed by atoms with E-state index in [-0.39, 0.29) is 18.9 Å². The summed E-state index contributed by atoms with van der Waals surface area (Å²) in [5.41, 5.74) is 2.98. The van der Waals surface area contributed by atoms with Gasteiger partial charge in [0.2, 0.25) is 5.91 Å². The maximum atomic E-state index is 11.9.